The third-order valence-electron chi connectivity index (χ3n) is 4.27. The van der Waals surface area contributed by atoms with Crippen molar-refractivity contribution < 1.29 is 9.00 Å². The Balaban J connectivity index is 1.60. The molecule has 0 bridgehead atoms. The lowest BCUT2D eigenvalue weighted by molar-refractivity contribution is -0.130. The molecule has 1 aliphatic heterocycles. The van der Waals surface area contributed by atoms with E-state index in [0.29, 0.717) is 5.75 Å². The van der Waals surface area contributed by atoms with E-state index in [1.165, 1.54) is 12.8 Å². The molecular formula is C17H22N2O2S3. The number of carbonyl (C=O) groups excluding carboxylic acids is 1. The van der Waals surface area contributed by atoms with Crippen LogP contribution >= 0.6 is 22.7 Å². The molecule has 0 aliphatic carbocycles. The number of rotatable bonds is 5. The van der Waals surface area contributed by atoms with Gasteiger partial charge in [-0.25, -0.2) is 4.98 Å². The lowest BCUT2D eigenvalue weighted by Crippen LogP contribution is -2.40. The molecule has 130 valence electrons. The first-order valence-corrected chi connectivity index (χ1v) is 11.5. The molecule has 7 heteroatoms. The lowest BCUT2D eigenvalue weighted by atomic mass is 10.2. The molecule has 0 aromatic carbocycles. The fraction of sp³-hybridized carbons (Fsp3) is 0.529. The number of hydrogen-bond donors (Lipinski definition) is 0. The minimum Gasteiger partial charge on any atom is -0.342 e. The molecule has 1 aliphatic rings. The first-order valence-electron chi connectivity index (χ1n) is 8.28. The Hall–Kier alpha value is -1.05. The summed E-state index contributed by atoms with van der Waals surface area (Å²) < 4.78 is 12.6. The Labute approximate surface area is 153 Å². The average molecular weight is 383 g/mol. The van der Waals surface area contributed by atoms with Gasteiger partial charge in [-0.05, 0) is 31.2 Å². The second kappa shape index (κ2) is 8.36. The fourth-order valence-corrected chi connectivity index (χ4v) is 5.52. The highest BCUT2D eigenvalue weighted by molar-refractivity contribution is 7.85. The van der Waals surface area contributed by atoms with Crippen molar-refractivity contribution in [2.24, 2.45) is 0 Å². The fourth-order valence-electron chi connectivity index (χ4n) is 2.82. The summed E-state index contributed by atoms with van der Waals surface area (Å²) in [6.45, 7) is 3.40. The largest absolute Gasteiger partial charge is 0.342 e. The van der Waals surface area contributed by atoms with Crippen molar-refractivity contribution in [3.05, 3.63) is 27.9 Å². The number of thiophene rings is 1. The zero-order chi connectivity index (χ0) is 16.9. The van der Waals surface area contributed by atoms with Gasteiger partial charge in [-0.1, -0.05) is 12.8 Å². The van der Waals surface area contributed by atoms with E-state index in [4.69, 9.17) is 0 Å². The Kier molecular flexibility index (Phi) is 6.19. The van der Waals surface area contributed by atoms with E-state index in [-0.39, 0.29) is 5.91 Å². The lowest BCUT2D eigenvalue weighted by Gasteiger charge is -2.23. The van der Waals surface area contributed by atoms with Crippen molar-refractivity contribution in [3.63, 3.8) is 0 Å². The molecule has 2 aromatic heterocycles. The van der Waals surface area contributed by atoms with Crippen molar-refractivity contribution >= 4 is 39.4 Å². The van der Waals surface area contributed by atoms with Crippen LogP contribution in [0, 0.1) is 0 Å². The van der Waals surface area contributed by atoms with Crippen LogP contribution in [0.3, 0.4) is 0 Å². The van der Waals surface area contributed by atoms with Crippen molar-refractivity contribution in [3.8, 4) is 10.6 Å². The minimum absolute atomic E-state index is 0.0310. The molecule has 0 N–H and O–H groups in total. The van der Waals surface area contributed by atoms with Crippen LogP contribution < -0.4 is 0 Å². The number of hydrogen-bond acceptors (Lipinski definition) is 5. The minimum atomic E-state index is -1.23. The van der Waals surface area contributed by atoms with E-state index in [0.717, 1.165) is 42.2 Å². The zero-order valence-corrected chi connectivity index (χ0v) is 16.2. The first-order chi connectivity index (χ1) is 11.6. The van der Waals surface area contributed by atoms with E-state index in [2.05, 4.69) is 10.4 Å². The van der Waals surface area contributed by atoms with Crippen molar-refractivity contribution in [1.82, 2.24) is 9.88 Å². The van der Waals surface area contributed by atoms with Crippen molar-refractivity contribution in [2.45, 2.75) is 43.6 Å². The van der Waals surface area contributed by atoms with Gasteiger partial charge in [-0.15, -0.1) is 11.3 Å². The zero-order valence-electron chi connectivity index (χ0n) is 13.8. The van der Waals surface area contributed by atoms with Gasteiger partial charge in [-0.3, -0.25) is 9.00 Å². The topological polar surface area (TPSA) is 50.3 Å². The van der Waals surface area contributed by atoms with Crippen LogP contribution in [0.25, 0.3) is 10.6 Å². The summed E-state index contributed by atoms with van der Waals surface area (Å²) in [5.41, 5.74) is 1.92. The predicted octanol–water partition coefficient (Wildman–Crippen LogP) is 3.91. The van der Waals surface area contributed by atoms with E-state index in [9.17, 15) is 9.00 Å². The van der Waals surface area contributed by atoms with Gasteiger partial charge in [0.1, 0.15) is 10.3 Å². The third-order valence-corrected chi connectivity index (χ3v) is 7.46. The van der Waals surface area contributed by atoms with Crippen LogP contribution in [0.1, 0.15) is 38.3 Å². The molecule has 1 saturated heterocycles. The monoisotopic (exact) mass is 382 g/mol. The molecule has 2 atom stereocenters. The summed E-state index contributed by atoms with van der Waals surface area (Å²) >= 11 is 3.21. The van der Waals surface area contributed by atoms with Gasteiger partial charge in [0, 0.05) is 40.2 Å². The number of amides is 1. The SMILES string of the molecule is CC(C(=O)N1CCCCCC1)S(=O)Cc1csc(-c2ccsc2)n1. The van der Waals surface area contributed by atoms with E-state index in [1.54, 1.807) is 29.6 Å². The van der Waals surface area contributed by atoms with Crippen molar-refractivity contribution in [1.29, 1.82) is 0 Å². The number of likely N-dealkylation sites (tertiary alicyclic amines) is 1. The highest BCUT2D eigenvalue weighted by atomic mass is 32.2. The average Bonchev–Trinajstić information content (AvgIpc) is 3.19. The Morgan fingerprint density at radius 3 is 2.71 bits per heavy atom. The van der Waals surface area contributed by atoms with Crippen LogP contribution in [-0.2, 0) is 21.3 Å². The molecule has 1 fully saturated rings. The number of carbonyl (C=O) groups is 1. The molecule has 4 nitrogen and oxygen atoms in total. The number of thiazole rings is 1. The van der Waals surface area contributed by atoms with Crippen LogP contribution in [0.5, 0.6) is 0 Å². The summed E-state index contributed by atoms with van der Waals surface area (Å²) in [5, 5.41) is 6.53. The smallest absolute Gasteiger partial charge is 0.238 e. The molecule has 2 unspecified atom stereocenters. The summed E-state index contributed by atoms with van der Waals surface area (Å²) in [7, 11) is -1.23. The van der Waals surface area contributed by atoms with Gasteiger partial charge in [0.25, 0.3) is 0 Å². The second-order valence-electron chi connectivity index (χ2n) is 6.06. The molecule has 0 spiro atoms. The van der Waals surface area contributed by atoms with E-state index in [1.807, 2.05) is 21.7 Å². The Morgan fingerprint density at radius 2 is 2.04 bits per heavy atom. The number of aromatic nitrogens is 1. The molecule has 2 aromatic rings. The van der Waals surface area contributed by atoms with Gasteiger partial charge in [0.15, 0.2) is 0 Å². The Bertz CT molecular complexity index is 689. The highest BCUT2D eigenvalue weighted by Crippen LogP contribution is 2.26. The van der Waals surface area contributed by atoms with Gasteiger partial charge >= 0.3 is 0 Å². The van der Waals surface area contributed by atoms with Gasteiger partial charge in [0.05, 0.1) is 11.4 Å². The molecule has 24 heavy (non-hydrogen) atoms. The summed E-state index contributed by atoms with van der Waals surface area (Å²) in [5.74, 6) is 0.380. The van der Waals surface area contributed by atoms with Crippen molar-refractivity contribution in [2.75, 3.05) is 13.1 Å². The van der Waals surface area contributed by atoms with Crippen LogP contribution in [0.4, 0.5) is 0 Å². The standard InChI is InChI=1S/C17H22N2O2S3/c1-13(17(20)19-7-4-2-3-5-8-19)24(21)12-15-11-23-16(18-15)14-6-9-22-10-14/h6,9-11,13H,2-5,7-8,12H2,1H3. The molecule has 3 rings (SSSR count). The maximum absolute atomic E-state index is 12.6. The van der Waals surface area contributed by atoms with Gasteiger partial charge in [-0.2, -0.15) is 11.3 Å². The van der Waals surface area contributed by atoms with E-state index >= 15 is 0 Å². The summed E-state index contributed by atoms with van der Waals surface area (Å²) in [6, 6.07) is 2.04. The molecule has 1 amide bonds. The van der Waals surface area contributed by atoms with E-state index < -0.39 is 16.0 Å². The second-order valence-corrected chi connectivity index (χ2v) is 9.46. The molecule has 0 saturated carbocycles. The summed E-state index contributed by atoms with van der Waals surface area (Å²) in [4.78, 5) is 19.1. The number of nitrogens with zero attached hydrogens (tertiary/aromatic N) is 2. The third kappa shape index (κ3) is 4.32. The van der Waals surface area contributed by atoms with Crippen LogP contribution in [0.15, 0.2) is 22.2 Å². The Morgan fingerprint density at radius 1 is 1.29 bits per heavy atom. The molecule has 0 radical (unpaired) electrons. The normalized spacial score (nSPS) is 18.1. The van der Waals surface area contributed by atoms with Crippen LogP contribution in [-0.4, -0.2) is 38.3 Å². The molecule has 3 heterocycles. The van der Waals surface area contributed by atoms with Gasteiger partial charge < -0.3 is 4.90 Å². The predicted molar refractivity (Wildman–Crippen MR) is 102 cm³/mol. The maximum atomic E-state index is 12.6. The first kappa shape index (κ1) is 17.8. The molecular weight excluding hydrogens is 360 g/mol. The van der Waals surface area contributed by atoms with Crippen LogP contribution in [0.2, 0.25) is 0 Å². The summed E-state index contributed by atoms with van der Waals surface area (Å²) in [6.07, 6.45) is 4.49. The highest BCUT2D eigenvalue weighted by Gasteiger charge is 2.26. The van der Waals surface area contributed by atoms with Gasteiger partial charge in [0.2, 0.25) is 5.91 Å². The maximum Gasteiger partial charge on any atom is 0.238 e. The quantitative estimate of drug-likeness (QED) is 0.788.